The van der Waals surface area contributed by atoms with E-state index in [4.69, 9.17) is 16.3 Å². The molecule has 1 aliphatic rings. The Labute approximate surface area is 108 Å². The summed E-state index contributed by atoms with van der Waals surface area (Å²) in [6, 6.07) is 9.01. The van der Waals surface area contributed by atoms with Crippen LogP contribution >= 0.6 is 11.6 Å². The molecule has 1 N–H and O–H groups in total. The van der Waals surface area contributed by atoms with E-state index in [1.807, 2.05) is 12.1 Å². The summed E-state index contributed by atoms with van der Waals surface area (Å²) >= 11 is 5.91. The molecule has 3 heteroatoms. The van der Waals surface area contributed by atoms with Gasteiger partial charge in [0, 0.05) is 23.7 Å². The maximum atomic E-state index is 5.91. The lowest BCUT2D eigenvalue weighted by Gasteiger charge is -2.28. The molecule has 0 amide bonds. The van der Waals surface area contributed by atoms with Gasteiger partial charge < -0.3 is 10.1 Å². The molecule has 0 spiro atoms. The Balaban J connectivity index is 1.97. The zero-order valence-electron chi connectivity index (χ0n) is 10.3. The first-order valence-electron chi connectivity index (χ1n) is 6.39. The first kappa shape index (κ1) is 12.9. The SMILES string of the molecule is CCC(NC1CCCOC1)c1ccc(Cl)cc1. The lowest BCUT2D eigenvalue weighted by atomic mass is 10.0. The van der Waals surface area contributed by atoms with E-state index in [2.05, 4.69) is 24.4 Å². The molecule has 2 nitrogen and oxygen atoms in total. The van der Waals surface area contributed by atoms with E-state index in [0.717, 1.165) is 31.1 Å². The van der Waals surface area contributed by atoms with Gasteiger partial charge in [0.15, 0.2) is 0 Å². The summed E-state index contributed by atoms with van der Waals surface area (Å²) in [6.07, 6.45) is 3.46. The molecule has 0 aliphatic carbocycles. The second-order valence-corrected chi connectivity index (χ2v) is 5.03. The summed E-state index contributed by atoms with van der Waals surface area (Å²) < 4.78 is 5.50. The van der Waals surface area contributed by atoms with Crippen LogP contribution < -0.4 is 5.32 Å². The topological polar surface area (TPSA) is 21.3 Å². The van der Waals surface area contributed by atoms with Gasteiger partial charge in [0.25, 0.3) is 0 Å². The third-order valence-electron chi connectivity index (χ3n) is 3.28. The highest BCUT2D eigenvalue weighted by molar-refractivity contribution is 6.30. The number of benzene rings is 1. The summed E-state index contributed by atoms with van der Waals surface area (Å²) in [6.45, 7) is 3.95. The Morgan fingerprint density at radius 1 is 1.41 bits per heavy atom. The van der Waals surface area contributed by atoms with E-state index >= 15 is 0 Å². The normalized spacial score (nSPS) is 22.4. The average molecular weight is 254 g/mol. The summed E-state index contributed by atoms with van der Waals surface area (Å²) in [5, 5.41) is 4.47. The van der Waals surface area contributed by atoms with Crippen LogP contribution in [0.2, 0.25) is 5.02 Å². The number of ether oxygens (including phenoxy) is 1. The quantitative estimate of drug-likeness (QED) is 0.886. The predicted molar refractivity (Wildman–Crippen MR) is 71.5 cm³/mol. The molecule has 2 rings (SSSR count). The van der Waals surface area contributed by atoms with E-state index in [1.165, 1.54) is 12.0 Å². The molecular formula is C14H20ClNO. The van der Waals surface area contributed by atoms with Crippen LogP contribution in [0.4, 0.5) is 0 Å². The monoisotopic (exact) mass is 253 g/mol. The fourth-order valence-electron chi connectivity index (χ4n) is 2.30. The molecular weight excluding hydrogens is 234 g/mol. The average Bonchev–Trinajstić information content (AvgIpc) is 2.38. The number of halogens is 1. The van der Waals surface area contributed by atoms with Gasteiger partial charge in [-0.25, -0.2) is 0 Å². The summed E-state index contributed by atoms with van der Waals surface area (Å²) in [5.41, 5.74) is 1.31. The van der Waals surface area contributed by atoms with Gasteiger partial charge in [0.1, 0.15) is 0 Å². The maximum Gasteiger partial charge on any atom is 0.0619 e. The highest BCUT2D eigenvalue weighted by Gasteiger charge is 2.18. The third kappa shape index (κ3) is 3.70. The fourth-order valence-corrected chi connectivity index (χ4v) is 2.43. The molecule has 1 fully saturated rings. The third-order valence-corrected chi connectivity index (χ3v) is 3.53. The second-order valence-electron chi connectivity index (χ2n) is 4.59. The molecule has 1 saturated heterocycles. The van der Waals surface area contributed by atoms with Gasteiger partial charge in [-0.15, -0.1) is 0 Å². The summed E-state index contributed by atoms with van der Waals surface area (Å²) in [5.74, 6) is 0. The maximum absolute atomic E-state index is 5.91. The fraction of sp³-hybridized carbons (Fsp3) is 0.571. The van der Waals surface area contributed by atoms with Crippen LogP contribution in [0.3, 0.4) is 0 Å². The van der Waals surface area contributed by atoms with E-state index in [-0.39, 0.29) is 0 Å². The minimum absolute atomic E-state index is 0.402. The molecule has 0 saturated carbocycles. The minimum atomic E-state index is 0.402. The van der Waals surface area contributed by atoms with Crippen molar-refractivity contribution in [2.45, 2.75) is 38.3 Å². The van der Waals surface area contributed by atoms with Crippen molar-refractivity contribution in [3.63, 3.8) is 0 Å². The lowest BCUT2D eigenvalue weighted by molar-refractivity contribution is 0.0661. The predicted octanol–water partition coefficient (Wildman–Crippen LogP) is 3.56. The number of nitrogens with one attached hydrogen (secondary N) is 1. The summed E-state index contributed by atoms with van der Waals surface area (Å²) in [4.78, 5) is 0. The second kappa shape index (κ2) is 6.39. The van der Waals surface area contributed by atoms with Crippen LogP contribution in [0, 0.1) is 0 Å². The molecule has 1 aromatic rings. The van der Waals surface area contributed by atoms with Crippen LogP contribution in [0.15, 0.2) is 24.3 Å². The van der Waals surface area contributed by atoms with Crippen molar-refractivity contribution in [2.75, 3.05) is 13.2 Å². The van der Waals surface area contributed by atoms with Gasteiger partial charge in [-0.3, -0.25) is 0 Å². The molecule has 0 aromatic heterocycles. The van der Waals surface area contributed by atoms with Gasteiger partial charge in [0.2, 0.25) is 0 Å². The standard InChI is InChI=1S/C14H20ClNO/c1-2-14(11-5-7-12(15)8-6-11)16-13-4-3-9-17-10-13/h5-8,13-14,16H,2-4,9-10H2,1H3. The molecule has 1 aromatic carbocycles. The highest BCUT2D eigenvalue weighted by atomic mass is 35.5. The Hall–Kier alpha value is -0.570. The van der Waals surface area contributed by atoms with Crippen molar-refractivity contribution >= 4 is 11.6 Å². The van der Waals surface area contributed by atoms with Gasteiger partial charge in [-0.2, -0.15) is 0 Å². The highest BCUT2D eigenvalue weighted by Crippen LogP contribution is 2.21. The van der Waals surface area contributed by atoms with Crippen LogP contribution in [0.1, 0.15) is 37.8 Å². The first-order valence-corrected chi connectivity index (χ1v) is 6.76. The Morgan fingerprint density at radius 3 is 2.76 bits per heavy atom. The van der Waals surface area contributed by atoms with Crippen LogP contribution in [0.5, 0.6) is 0 Å². The van der Waals surface area contributed by atoms with Crippen molar-refractivity contribution in [1.29, 1.82) is 0 Å². The van der Waals surface area contributed by atoms with Gasteiger partial charge >= 0.3 is 0 Å². The van der Waals surface area contributed by atoms with Crippen LogP contribution in [-0.4, -0.2) is 19.3 Å². The zero-order valence-corrected chi connectivity index (χ0v) is 11.0. The Bertz CT molecular complexity index is 333. The number of hydrogen-bond donors (Lipinski definition) is 1. The van der Waals surface area contributed by atoms with Gasteiger partial charge in [-0.05, 0) is 37.0 Å². The molecule has 94 valence electrons. The van der Waals surface area contributed by atoms with Crippen molar-refractivity contribution in [1.82, 2.24) is 5.32 Å². The van der Waals surface area contributed by atoms with Gasteiger partial charge in [0.05, 0.1) is 6.61 Å². The molecule has 1 heterocycles. The first-order chi connectivity index (χ1) is 8.29. The van der Waals surface area contributed by atoms with Crippen molar-refractivity contribution in [2.24, 2.45) is 0 Å². The van der Waals surface area contributed by atoms with Crippen molar-refractivity contribution < 1.29 is 4.74 Å². The number of hydrogen-bond acceptors (Lipinski definition) is 2. The molecule has 2 unspecified atom stereocenters. The van der Waals surface area contributed by atoms with Crippen LogP contribution in [-0.2, 0) is 4.74 Å². The smallest absolute Gasteiger partial charge is 0.0619 e. The Kier molecular flexibility index (Phi) is 4.84. The van der Waals surface area contributed by atoms with E-state index in [0.29, 0.717) is 12.1 Å². The zero-order chi connectivity index (χ0) is 12.1. The van der Waals surface area contributed by atoms with E-state index in [1.54, 1.807) is 0 Å². The van der Waals surface area contributed by atoms with E-state index in [9.17, 15) is 0 Å². The lowest BCUT2D eigenvalue weighted by Crippen LogP contribution is -2.38. The molecule has 0 bridgehead atoms. The molecule has 1 aliphatic heterocycles. The Morgan fingerprint density at radius 2 is 2.18 bits per heavy atom. The van der Waals surface area contributed by atoms with E-state index < -0.39 is 0 Å². The van der Waals surface area contributed by atoms with Gasteiger partial charge in [-0.1, -0.05) is 30.7 Å². The van der Waals surface area contributed by atoms with Crippen LogP contribution in [0.25, 0.3) is 0 Å². The largest absolute Gasteiger partial charge is 0.380 e. The molecule has 0 radical (unpaired) electrons. The summed E-state index contributed by atoms with van der Waals surface area (Å²) in [7, 11) is 0. The van der Waals surface area contributed by atoms with Crippen molar-refractivity contribution in [3.05, 3.63) is 34.9 Å². The minimum Gasteiger partial charge on any atom is -0.380 e. The molecule has 2 atom stereocenters. The molecule has 17 heavy (non-hydrogen) atoms. The number of rotatable bonds is 4. The van der Waals surface area contributed by atoms with Crippen molar-refractivity contribution in [3.8, 4) is 0 Å².